The Balaban J connectivity index is 2.38. The van der Waals surface area contributed by atoms with E-state index in [0.717, 1.165) is 5.39 Å². The molecule has 1 aromatic heterocycles. The molecule has 2 heteroatoms. The first-order valence-corrected chi connectivity index (χ1v) is 6.59. The van der Waals surface area contributed by atoms with Gasteiger partial charge >= 0.3 is 0 Å². The van der Waals surface area contributed by atoms with Gasteiger partial charge in [0, 0.05) is 11.6 Å². The summed E-state index contributed by atoms with van der Waals surface area (Å²) in [6.45, 7) is 2.12. The number of hydrogen-bond acceptors (Lipinski definition) is 1. The number of benzene rings is 2. The number of aryl methyl sites for hydroxylation is 2. The molecule has 0 bridgehead atoms. The van der Waals surface area contributed by atoms with Crippen molar-refractivity contribution in [2.75, 3.05) is 0 Å². The molecular weight excluding hydrogens is 244 g/mol. The van der Waals surface area contributed by atoms with Gasteiger partial charge in [0.15, 0.2) is 6.20 Å². The van der Waals surface area contributed by atoms with Crippen LogP contribution in [0.3, 0.4) is 0 Å². The predicted molar refractivity (Wildman–Crippen MR) is 80.0 cm³/mol. The molecule has 0 unspecified atom stereocenters. The van der Waals surface area contributed by atoms with Crippen LogP contribution < -0.4 is 4.57 Å². The smallest absolute Gasteiger partial charge is 0.200 e. The molecule has 0 N–H and O–H groups in total. The average Bonchev–Trinajstić information content (AvgIpc) is 2.48. The third kappa shape index (κ3) is 1.94. The molecule has 0 saturated carbocycles. The Labute approximate surface area is 118 Å². The maximum Gasteiger partial charge on any atom is 0.220 e. The number of rotatable bonds is 1. The van der Waals surface area contributed by atoms with E-state index in [1.807, 2.05) is 24.4 Å². The number of fused-ring (bicyclic) bond motifs is 1. The highest BCUT2D eigenvalue weighted by molar-refractivity contribution is 5.94. The zero-order chi connectivity index (χ0) is 14.1. The van der Waals surface area contributed by atoms with Crippen molar-refractivity contribution in [1.29, 1.82) is 5.26 Å². The largest absolute Gasteiger partial charge is 0.220 e. The molecule has 0 atom stereocenters. The Morgan fingerprint density at radius 3 is 2.60 bits per heavy atom. The second-order valence-corrected chi connectivity index (χ2v) is 5.00. The lowest BCUT2D eigenvalue weighted by atomic mass is 9.99. The molecule has 0 fully saturated rings. The van der Waals surface area contributed by atoms with Gasteiger partial charge in [0.2, 0.25) is 5.69 Å². The van der Waals surface area contributed by atoms with E-state index in [1.165, 1.54) is 22.2 Å². The lowest BCUT2D eigenvalue weighted by Gasteiger charge is -2.07. The van der Waals surface area contributed by atoms with Gasteiger partial charge < -0.3 is 0 Å². The summed E-state index contributed by atoms with van der Waals surface area (Å²) < 4.78 is 2.14. The van der Waals surface area contributed by atoms with E-state index in [9.17, 15) is 0 Å². The van der Waals surface area contributed by atoms with Crippen molar-refractivity contribution in [2.45, 2.75) is 6.92 Å². The van der Waals surface area contributed by atoms with Crippen LogP contribution in [0.4, 0.5) is 0 Å². The minimum atomic E-state index is 0.696. The van der Waals surface area contributed by atoms with Gasteiger partial charge in [-0.1, -0.05) is 18.2 Å². The van der Waals surface area contributed by atoms with Gasteiger partial charge in [0.25, 0.3) is 0 Å². The first kappa shape index (κ1) is 12.4. The zero-order valence-corrected chi connectivity index (χ0v) is 11.6. The fourth-order valence-corrected chi connectivity index (χ4v) is 2.62. The van der Waals surface area contributed by atoms with E-state index >= 15 is 0 Å². The second kappa shape index (κ2) is 4.79. The first-order chi connectivity index (χ1) is 9.70. The van der Waals surface area contributed by atoms with Crippen molar-refractivity contribution in [1.82, 2.24) is 0 Å². The molecule has 2 nitrogen and oxygen atoms in total. The topological polar surface area (TPSA) is 27.7 Å². The number of pyridine rings is 1. The standard InChI is InChI=1S/C18H15N2/c1-13-5-3-4-6-16(13)18-17-8-7-14(12-19)11-15(17)9-10-20(18)2/h3-11H,1-2H3/q+1. The summed E-state index contributed by atoms with van der Waals surface area (Å²) in [7, 11) is 2.05. The van der Waals surface area contributed by atoms with Crippen LogP contribution in [0.5, 0.6) is 0 Å². The second-order valence-electron chi connectivity index (χ2n) is 5.00. The lowest BCUT2D eigenvalue weighted by Crippen LogP contribution is -2.30. The van der Waals surface area contributed by atoms with Crippen LogP contribution in [0.25, 0.3) is 22.0 Å². The average molecular weight is 259 g/mol. The van der Waals surface area contributed by atoms with Gasteiger partial charge in [-0.15, -0.1) is 0 Å². The summed E-state index contributed by atoms with van der Waals surface area (Å²) in [6, 6.07) is 18.5. The quantitative estimate of drug-likeness (QED) is 0.614. The van der Waals surface area contributed by atoms with Crippen LogP contribution in [-0.2, 0) is 7.05 Å². The van der Waals surface area contributed by atoms with Crippen LogP contribution >= 0.6 is 0 Å². The fraction of sp³-hybridized carbons (Fsp3) is 0.111. The SMILES string of the molecule is Cc1ccccc1-c1c2ccc(C#N)cc2cc[n+]1C. The highest BCUT2D eigenvalue weighted by Gasteiger charge is 2.16. The van der Waals surface area contributed by atoms with Gasteiger partial charge in [-0.05, 0) is 42.1 Å². The van der Waals surface area contributed by atoms with Crippen LogP contribution in [0.1, 0.15) is 11.1 Å². The van der Waals surface area contributed by atoms with Crippen molar-refractivity contribution >= 4 is 10.8 Å². The van der Waals surface area contributed by atoms with Crippen LogP contribution in [0.2, 0.25) is 0 Å². The third-order valence-corrected chi connectivity index (χ3v) is 3.67. The van der Waals surface area contributed by atoms with Crippen LogP contribution in [0.15, 0.2) is 54.7 Å². The molecule has 0 spiro atoms. The number of hydrogen-bond donors (Lipinski definition) is 0. The van der Waals surface area contributed by atoms with Gasteiger partial charge in [0.05, 0.1) is 17.0 Å². The van der Waals surface area contributed by atoms with Crippen molar-refractivity contribution in [3.05, 3.63) is 65.9 Å². The highest BCUT2D eigenvalue weighted by Crippen LogP contribution is 2.27. The van der Waals surface area contributed by atoms with Gasteiger partial charge in [-0.2, -0.15) is 5.26 Å². The molecule has 0 aliphatic heterocycles. The molecule has 0 aliphatic rings. The molecule has 3 aromatic rings. The van der Waals surface area contributed by atoms with E-state index in [0.29, 0.717) is 5.56 Å². The Kier molecular flexibility index (Phi) is 2.96. The molecule has 2 aromatic carbocycles. The summed E-state index contributed by atoms with van der Waals surface area (Å²) in [5.41, 5.74) is 4.36. The number of nitrogens with zero attached hydrogens (tertiary/aromatic N) is 2. The van der Waals surface area contributed by atoms with Crippen LogP contribution in [0, 0.1) is 18.3 Å². The molecule has 3 rings (SSSR count). The predicted octanol–water partition coefficient (Wildman–Crippen LogP) is 3.51. The van der Waals surface area contributed by atoms with E-state index in [-0.39, 0.29) is 0 Å². The molecule has 96 valence electrons. The molecule has 1 heterocycles. The van der Waals surface area contributed by atoms with Crippen molar-refractivity contribution in [3.8, 4) is 17.3 Å². The summed E-state index contributed by atoms with van der Waals surface area (Å²) in [4.78, 5) is 0. The van der Waals surface area contributed by atoms with E-state index in [4.69, 9.17) is 5.26 Å². The molecule has 0 aliphatic carbocycles. The van der Waals surface area contributed by atoms with E-state index in [1.54, 1.807) is 0 Å². The maximum absolute atomic E-state index is 9.03. The Hall–Kier alpha value is -2.66. The van der Waals surface area contributed by atoms with Gasteiger partial charge in [-0.25, -0.2) is 4.57 Å². The number of nitriles is 1. The normalized spacial score (nSPS) is 10.4. The third-order valence-electron chi connectivity index (χ3n) is 3.67. The number of aromatic nitrogens is 1. The monoisotopic (exact) mass is 259 g/mol. The molecule has 0 saturated heterocycles. The summed E-state index contributed by atoms with van der Waals surface area (Å²) in [5, 5.41) is 11.3. The minimum absolute atomic E-state index is 0.696. The lowest BCUT2D eigenvalue weighted by molar-refractivity contribution is -0.659. The van der Waals surface area contributed by atoms with Gasteiger partial charge in [0.1, 0.15) is 7.05 Å². The van der Waals surface area contributed by atoms with E-state index < -0.39 is 0 Å². The van der Waals surface area contributed by atoms with E-state index in [2.05, 4.69) is 54.9 Å². The van der Waals surface area contributed by atoms with Crippen molar-refractivity contribution < 1.29 is 4.57 Å². The molecule has 0 radical (unpaired) electrons. The Morgan fingerprint density at radius 2 is 1.85 bits per heavy atom. The van der Waals surface area contributed by atoms with Crippen molar-refractivity contribution in [3.63, 3.8) is 0 Å². The highest BCUT2D eigenvalue weighted by atomic mass is 14.9. The Bertz CT molecular complexity index is 842. The fourth-order valence-electron chi connectivity index (χ4n) is 2.62. The zero-order valence-electron chi connectivity index (χ0n) is 11.6. The Morgan fingerprint density at radius 1 is 1.05 bits per heavy atom. The van der Waals surface area contributed by atoms with Crippen LogP contribution in [-0.4, -0.2) is 0 Å². The molecular formula is C18H15N2+. The first-order valence-electron chi connectivity index (χ1n) is 6.59. The van der Waals surface area contributed by atoms with Crippen molar-refractivity contribution in [2.24, 2.45) is 7.05 Å². The minimum Gasteiger partial charge on any atom is -0.200 e. The summed E-state index contributed by atoms with van der Waals surface area (Å²) in [6.07, 6.45) is 2.05. The molecule has 20 heavy (non-hydrogen) atoms. The maximum atomic E-state index is 9.03. The summed E-state index contributed by atoms with van der Waals surface area (Å²) in [5.74, 6) is 0. The van der Waals surface area contributed by atoms with Gasteiger partial charge in [-0.3, -0.25) is 0 Å². The molecule has 0 amide bonds. The summed E-state index contributed by atoms with van der Waals surface area (Å²) >= 11 is 0.